The number of rotatable bonds is 1. The lowest BCUT2D eigenvalue weighted by molar-refractivity contribution is -0.137. The molecule has 16 heavy (non-hydrogen) atoms. The SMILES string of the molecule is Fc1cc(C2=CSCN2)cc(C(F)(F)F)c1. The van der Waals surface area contributed by atoms with Crippen LogP contribution in [-0.2, 0) is 6.18 Å². The maximum Gasteiger partial charge on any atom is 0.416 e. The molecule has 1 N–H and O–H groups in total. The van der Waals surface area contributed by atoms with Gasteiger partial charge in [0.1, 0.15) is 5.82 Å². The predicted octanol–water partition coefficient (Wildman–Crippen LogP) is 3.44. The molecule has 0 radical (unpaired) electrons. The Bertz CT molecular complexity index is 439. The summed E-state index contributed by atoms with van der Waals surface area (Å²) in [5, 5.41) is 4.54. The van der Waals surface area contributed by atoms with E-state index < -0.39 is 17.6 Å². The van der Waals surface area contributed by atoms with Gasteiger partial charge in [-0.1, -0.05) is 0 Å². The smallest absolute Gasteiger partial charge is 0.375 e. The van der Waals surface area contributed by atoms with Gasteiger partial charge in [0.15, 0.2) is 0 Å². The van der Waals surface area contributed by atoms with E-state index >= 15 is 0 Å². The van der Waals surface area contributed by atoms with Gasteiger partial charge in [-0.15, -0.1) is 11.8 Å². The minimum absolute atomic E-state index is 0.220. The van der Waals surface area contributed by atoms with E-state index in [2.05, 4.69) is 5.32 Å². The topological polar surface area (TPSA) is 12.0 Å². The van der Waals surface area contributed by atoms with Crippen LogP contribution in [0.5, 0.6) is 0 Å². The van der Waals surface area contributed by atoms with Crippen LogP contribution in [0.3, 0.4) is 0 Å². The van der Waals surface area contributed by atoms with Crippen LogP contribution in [0.1, 0.15) is 11.1 Å². The third-order valence-electron chi connectivity index (χ3n) is 2.08. The molecular weight excluding hydrogens is 242 g/mol. The second-order valence-corrected chi connectivity index (χ2v) is 4.10. The fourth-order valence-corrected chi connectivity index (χ4v) is 2.07. The molecule has 1 aliphatic rings. The van der Waals surface area contributed by atoms with Crippen LogP contribution in [-0.4, -0.2) is 5.88 Å². The minimum atomic E-state index is -4.52. The van der Waals surface area contributed by atoms with Gasteiger partial charge >= 0.3 is 6.18 Å². The second-order valence-electron chi connectivity index (χ2n) is 3.25. The van der Waals surface area contributed by atoms with Crippen molar-refractivity contribution in [1.29, 1.82) is 0 Å². The van der Waals surface area contributed by atoms with Crippen molar-refractivity contribution in [1.82, 2.24) is 5.32 Å². The largest absolute Gasteiger partial charge is 0.416 e. The summed E-state index contributed by atoms with van der Waals surface area (Å²) in [6.45, 7) is 0. The number of nitrogens with one attached hydrogen (secondary N) is 1. The molecule has 0 atom stereocenters. The Balaban J connectivity index is 2.44. The first kappa shape index (κ1) is 11.3. The van der Waals surface area contributed by atoms with E-state index in [9.17, 15) is 17.6 Å². The van der Waals surface area contributed by atoms with Gasteiger partial charge in [-0.2, -0.15) is 13.2 Å². The molecule has 0 bridgehead atoms. The normalized spacial score (nSPS) is 15.9. The van der Waals surface area contributed by atoms with Gasteiger partial charge in [0.2, 0.25) is 0 Å². The first-order valence-corrected chi connectivity index (χ1v) is 5.45. The molecule has 0 spiro atoms. The molecule has 0 saturated carbocycles. The molecule has 2 rings (SSSR count). The van der Waals surface area contributed by atoms with Crippen LogP contribution in [0.15, 0.2) is 23.6 Å². The molecule has 1 aromatic carbocycles. The van der Waals surface area contributed by atoms with Crippen molar-refractivity contribution in [2.75, 3.05) is 5.88 Å². The van der Waals surface area contributed by atoms with Crippen molar-refractivity contribution in [3.63, 3.8) is 0 Å². The predicted molar refractivity (Wildman–Crippen MR) is 55.0 cm³/mol. The quantitative estimate of drug-likeness (QED) is 0.765. The molecule has 1 heterocycles. The van der Waals surface area contributed by atoms with E-state index in [4.69, 9.17) is 0 Å². The molecule has 0 unspecified atom stereocenters. The zero-order valence-corrected chi connectivity index (χ0v) is 8.75. The molecule has 0 amide bonds. The third-order valence-corrected chi connectivity index (χ3v) is 2.80. The van der Waals surface area contributed by atoms with E-state index in [0.29, 0.717) is 17.6 Å². The lowest BCUT2D eigenvalue weighted by Gasteiger charge is -2.10. The second kappa shape index (κ2) is 4.01. The lowest BCUT2D eigenvalue weighted by Crippen LogP contribution is -2.09. The Morgan fingerprint density at radius 3 is 2.50 bits per heavy atom. The van der Waals surface area contributed by atoms with Gasteiger partial charge in [-0.05, 0) is 23.6 Å². The van der Waals surface area contributed by atoms with Crippen molar-refractivity contribution >= 4 is 17.5 Å². The van der Waals surface area contributed by atoms with Crippen LogP contribution < -0.4 is 5.32 Å². The van der Waals surface area contributed by atoms with Gasteiger partial charge < -0.3 is 5.32 Å². The van der Waals surface area contributed by atoms with Crippen molar-refractivity contribution in [2.45, 2.75) is 6.18 Å². The fraction of sp³-hybridized carbons (Fsp3) is 0.200. The molecule has 0 aliphatic carbocycles. The molecule has 1 aromatic rings. The molecule has 1 nitrogen and oxygen atoms in total. The molecule has 6 heteroatoms. The minimum Gasteiger partial charge on any atom is -0.375 e. The first-order valence-electron chi connectivity index (χ1n) is 4.40. The highest BCUT2D eigenvalue weighted by Gasteiger charge is 2.31. The number of benzene rings is 1. The lowest BCUT2D eigenvalue weighted by atomic mass is 10.1. The van der Waals surface area contributed by atoms with Crippen LogP contribution in [0.4, 0.5) is 17.6 Å². The number of hydrogen-bond donors (Lipinski definition) is 1. The number of hydrogen-bond acceptors (Lipinski definition) is 2. The van der Waals surface area contributed by atoms with Crippen LogP contribution in [0.2, 0.25) is 0 Å². The summed E-state index contributed by atoms with van der Waals surface area (Å²) in [4.78, 5) is 0. The van der Waals surface area contributed by atoms with E-state index in [1.165, 1.54) is 11.8 Å². The summed E-state index contributed by atoms with van der Waals surface area (Å²) in [6, 6.07) is 2.51. The average molecular weight is 249 g/mol. The Kier molecular flexibility index (Phi) is 2.84. The molecule has 0 saturated heterocycles. The van der Waals surface area contributed by atoms with Gasteiger partial charge in [-0.25, -0.2) is 4.39 Å². The Hall–Kier alpha value is -1.17. The average Bonchev–Trinajstić information content (AvgIpc) is 2.68. The third kappa shape index (κ3) is 2.32. The van der Waals surface area contributed by atoms with E-state index in [-0.39, 0.29) is 5.56 Å². The van der Waals surface area contributed by atoms with Crippen molar-refractivity contribution in [2.24, 2.45) is 0 Å². The maximum atomic E-state index is 13.0. The summed E-state index contributed by atoms with van der Waals surface area (Å²) >= 11 is 1.42. The Morgan fingerprint density at radius 1 is 1.19 bits per heavy atom. The first-order chi connectivity index (χ1) is 7.47. The van der Waals surface area contributed by atoms with E-state index in [1.54, 1.807) is 5.41 Å². The Morgan fingerprint density at radius 2 is 1.94 bits per heavy atom. The standard InChI is InChI=1S/C10H7F4NS/c11-8-2-6(9-4-16-5-15-9)1-7(3-8)10(12,13)14/h1-4,15H,5H2. The summed E-state index contributed by atoms with van der Waals surface area (Å²) in [6.07, 6.45) is -4.52. The molecule has 0 fully saturated rings. The van der Waals surface area contributed by atoms with Crippen LogP contribution in [0.25, 0.3) is 5.70 Å². The van der Waals surface area contributed by atoms with Crippen molar-refractivity contribution in [3.05, 3.63) is 40.6 Å². The zero-order valence-electron chi connectivity index (χ0n) is 7.94. The number of halogens is 4. The Labute approximate surface area is 93.5 Å². The molecule has 1 aliphatic heterocycles. The monoisotopic (exact) mass is 249 g/mol. The van der Waals surface area contributed by atoms with Gasteiger partial charge in [0, 0.05) is 11.3 Å². The summed E-state index contributed by atoms with van der Waals surface area (Å²) in [5.41, 5.74) is -0.227. The maximum absolute atomic E-state index is 13.0. The van der Waals surface area contributed by atoms with Crippen LogP contribution in [0, 0.1) is 5.82 Å². The molecule has 86 valence electrons. The summed E-state index contributed by atoms with van der Waals surface area (Å²) < 4.78 is 50.3. The van der Waals surface area contributed by atoms with Crippen LogP contribution >= 0.6 is 11.8 Å². The summed E-state index contributed by atoms with van der Waals surface area (Å²) in [7, 11) is 0. The van der Waals surface area contributed by atoms with E-state index in [1.807, 2.05) is 0 Å². The van der Waals surface area contributed by atoms with Crippen molar-refractivity contribution < 1.29 is 17.6 Å². The van der Waals surface area contributed by atoms with Gasteiger partial charge in [0.25, 0.3) is 0 Å². The zero-order chi connectivity index (χ0) is 11.8. The molecular formula is C10H7F4NS. The molecule has 0 aromatic heterocycles. The highest BCUT2D eigenvalue weighted by Crippen LogP contribution is 2.32. The summed E-state index contributed by atoms with van der Waals surface area (Å²) in [5.74, 6) is -0.294. The number of alkyl halides is 3. The van der Waals surface area contributed by atoms with Crippen molar-refractivity contribution in [3.8, 4) is 0 Å². The highest BCUT2D eigenvalue weighted by molar-refractivity contribution is 8.02. The van der Waals surface area contributed by atoms with Gasteiger partial charge in [-0.3, -0.25) is 0 Å². The number of thioether (sulfide) groups is 1. The highest BCUT2D eigenvalue weighted by atomic mass is 32.2. The fourth-order valence-electron chi connectivity index (χ4n) is 1.36. The van der Waals surface area contributed by atoms with Gasteiger partial charge in [0.05, 0.1) is 11.4 Å². The van der Waals surface area contributed by atoms with E-state index in [0.717, 1.165) is 12.1 Å².